The van der Waals surface area contributed by atoms with Crippen LogP contribution >= 0.6 is 0 Å². The molecule has 1 fully saturated rings. The number of carbonyl (C=O) groups is 1. The Morgan fingerprint density at radius 2 is 1.80 bits per heavy atom. The van der Waals surface area contributed by atoms with Crippen molar-refractivity contribution in [3.05, 3.63) is 0 Å². The summed E-state index contributed by atoms with van der Waals surface area (Å²) in [5.74, 6) is 0. The second-order valence-electron chi connectivity index (χ2n) is 4.46. The maximum Gasteiger partial charge on any atom is 0.319 e. The maximum absolute atomic E-state index is 11.7. The summed E-state index contributed by atoms with van der Waals surface area (Å²) in [6.07, 6.45) is 1.18. The molecule has 4 nitrogen and oxygen atoms in total. The van der Waals surface area contributed by atoms with Crippen molar-refractivity contribution in [3.63, 3.8) is 0 Å². The standard InChI is InChI=1S/C11H23N3O/c1-5-10(2)13-6-8-14(9-7-13)11(15)12(3)4/h10H,5-9H2,1-4H3. The summed E-state index contributed by atoms with van der Waals surface area (Å²) in [5, 5.41) is 0. The second kappa shape index (κ2) is 5.35. The summed E-state index contributed by atoms with van der Waals surface area (Å²) in [6.45, 7) is 8.21. The largest absolute Gasteiger partial charge is 0.331 e. The SMILES string of the molecule is CCC(C)N1CCN(C(=O)N(C)C)CC1. The maximum atomic E-state index is 11.7. The van der Waals surface area contributed by atoms with Gasteiger partial charge in [0.05, 0.1) is 0 Å². The van der Waals surface area contributed by atoms with Gasteiger partial charge in [-0.1, -0.05) is 6.92 Å². The van der Waals surface area contributed by atoms with Crippen LogP contribution in [0.4, 0.5) is 4.79 Å². The lowest BCUT2D eigenvalue weighted by Crippen LogP contribution is -2.53. The van der Waals surface area contributed by atoms with Crippen LogP contribution in [0.5, 0.6) is 0 Å². The van der Waals surface area contributed by atoms with Gasteiger partial charge in [0.2, 0.25) is 0 Å². The molecule has 0 saturated carbocycles. The molecule has 0 radical (unpaired) electrons. The van der Waals surface area contributed by atoms with Crippen LogP contribution in [0.1, 0.15) is 20.3 Å². The number of hydrogen-bond acceptors (Lipinski definition) is 2. The Morgan fingerprint density at radius 1 is 1.27 bits per heavy atom. The van der Waals surface area contributed by atoms with E-state index >= 15 is 0 Å². The minimum Gasteiger partial charge on any atom is -0.331 e. The Bertz CT molecular complexity index is 210. The highest BCUT2D eigenvalue weighted by Crippen LogP contribution is 2.09. The van der Waals surface area contributed by atoms with Crippen molar-refractivity contribution in [1.82, 2.24) is 14.7 Å². The topological polar surface area (TPSA) is 26.8 Å². The lowest BCUT2D eigenvalue weighted by atomic mass is 10.2. The highest BCUT2D eigenvalue weighted by atomic mass is 16.2. The van der Waals surface area contributed by atoms with Crippen LogP contribution in [0.15, 0.2) is 0 Å². The number of carbonyl (C=O) groups excluding carboxylic acids is 1. The first-order valence-corrected chi connectivity index (χ1v) is 5.76. The first-order chi connectivity index (χ1) is 7.06. The summed E-state index contributed by atoms with van der Waals surface area (Å²) < 4.78 is 0. The molecule has 1 atom stereocenters. The van der Waals surface area contributed by atoms with Gasteiger partial charge in [-0.25, -0.2) is 4.79 Å². The van der Waals surface area contributed by atoms with Crippen LogP contribution in [0, 0.1) is 0 Å². The van der Waals surface area contributed by atoms with Crippen molar-refractivity contribution < 1.29 is 4.79 Å². The van der Waals surface area contributed by atoms with Crippen LogP contribution < -0.4 is 0 Å². The molecule has 15 heavy (non-hydrogen) atoms. The van der Waals surface area contributed by atoms with Crippen molar-refractivity contribution in [2.45, 2.75) is 26.3 Å². The minimum absolute atomic E-state index is 0.138. The van der Waals surface area contributed by atoms with Crippen molar-refractivity contribution in [1.29, 1.82) is 0 Å². The van der Waals surface area contributed by atoms with E-state index in [1.54, 1.807) is 4.90 Å². The highest BCUT2D eigenvalue weighted by Gasteiger charge is 2.23. The van der Waals surface area contributed by atoms with Crippen LogP contribution in [-0.4, -0.2) is 67.0 Å². The summed E-state index contributed by atoms with van der Waals surface area (Å²) in [6, 6.07) is 0.778. The second-order valence-corrected chi connectivity index (χ2v) is 4.46. The van der Waals surface area contributed by atoms with Crippen LogP contribution in [0.2, 0.25) is 0 Å². The number of piperazine rings is 1. The fourth-order valence-electron chi connectivity index (χ4n) is 1.90. The average Bonchev–Trinajstić information content (AvgIpc) is 2.27. The zero-order chi connectivity index (χ0) is 11.4. The molecule has 0 N–H and O–H groups in total. The zero-order valence-electron chi connectivity index (χ0n) is 10.4. The predicted octanol–water partition coefficient (Wildman–Crippen LogP) is 1.08. The number of urea groups is 1. The fraction of sp³-hybridized carbons (Fsp3) is 0.909. The number of amides is 2. The molecule has 1 aliphatic heterocycles. The Kier molecular flexibility index (Phi) is 4.39. The van der Waals surface area contributed by atoms with Crippen molar-refractivity contribution >= 4 is 6.03 Å². The Labute approximate surface area is 92.8 Å². The van der Waals surface area contributed by atoms with Gasteiger partial charge in [-0.15, -0.1) is 0 Å². The molecule has 1 heterocycles. The lowest BCUT2D eigenvalue weighted by molar-refractivity contribution is 0.101. The van der Waals surface area contributed by atoms with Gasteiger partial charge in [0.1, 0.15) is 0 Å². The molecule has 2 amide bonds. The van der Waals surface area contributed by atoms with Crippen molar-refractivity contribution in [2.24, 2.45) is 0 Å². The highest BCUT2D eigenvalue weighted by molar-refractivity contribution is 5.73. The van der Waals surface area contributed by atoms with E-state index < -0.39 is 0 Å². The van der Waals surface area contributed by atoms with E-state index in [1.165, 1.54) is 6.42 Å². The van der Waals surface area contributed by atoms with E-state index in [0.717, 1.165) is 26.2 Å². The number of nitrogens with zero attached hydrogens (tertiary/aromatic N) is 3. The Hall–Kier alpha value is -0.770. The van der Waals surface area contributed by atoms with Crippen LogP contribution in [0.3, 0.4) is 0 Å². The number of rotatable bonds is 2. The average molecular weight is 213 g/mol. The molecule has 1 saturated heterocycles. The van der Waals surface area contributed by atoms with Gasteiger partial charge in [-0.05, 0) is 13.3 Å². The van der Waals surface area contributed by atoms with Gasteiger partial charge in [0.25, 0.3) is 0 Å². The van der Waals surface area contributed by atoms with E-state index in [9.17, 15) is 4.79 Å². The van der Waals surface area contributed by atoms with Gasteiger partial charge in [0.15, 0.2) is 0 Å². The third-order valence-electron chi connectivity index (χ3n) is 3.18. The molecule has 88 valence electrons. The molecular weight excluding hydrogens is 190 g/mol. The third-order valence-corrected chi connectivity index (χ3v) is 3.18. The predicted molar refractivity (Wildman–Crippen MR) is 62.0 cm³/mol. The molecule has 4 heteroatoms. The van der Waals surface area contributed by atoms with Crippen molar-refractivity contribution in [3.8, 4) is 0 Å². The molecule has 1 unspecified atom stereocenters. The fourth-order valence-corrected chi connectivity index (χ4v) is 1.90. The third kappa shape index (κ3) is 3.09. The summed E-state index contributed by atoms with van der Waals surface area (Å²) in [5.41, 5.74) is 0. The Balaban J connectivity index is 2.39. The normalized spacial score (nSPS) is 20.1. The monoisotopic (exact) mass is 213 g/mol. The Morgan fingerprint density at radius 3 is 2.20 bits per heavy atom. The summed E-state index contributed by atoms with van der Waals surface area (Å²) >= 11 is 0. The van der Waals surface area contributed by atoms with Gasteiger partial charge in [-0.3, -0.25) is 4.90 Å². The molecule has 0 spiro atoms. The van der Waals surface area contributed by atoms with Gasteiger partial charge < -0.3 is 9.80 Å². The van der Waals surface area contributed by atoms with E-state index in [4.69, 9.17) is 0 Å². The smallest absolute Gasteiger partial charge is 0.319 e. The molecule has 0 aliphatic carbocycles. The molecule has 0 aromatic heterocycles. The van der Waals surface area contributed by atoms with E-state index in [-0.39, 0.29) is 6.03 Å². The molecule has 0 aromatic rings. The summed E-state index contributed by atoms with van der Waals surface area (Å²) in [7, 11) is 3.62. The number of hydrogen-bond donors (Lipinski definition) is 0. The van der Waals surface area contributed by atoms with Gasteiger partial charge in [0, 0.05) is 46.3 Å². The molecule has 0 aromatic carbocycles. The first-order valence-electron chi connectivity index (χ1n) is 5.76. The molecule has 1 aliphatic rings. The van der Waals surface area contributed by atoms with E-state index in [1.807, 2.05) is 19.0 Å². The molecule has 1 rings (SSSR count). The van der Waals surface area contributed by atoms with Gasteiger partial charge in [-0.2, -0.15) is 0 Å². The van der Waals surface area contributed by atoms with Gasteiger partial charge >= 0.3 is 6.03 Å². The lowest BCUT2D eigenvalue weighted by Gasteiger charge is -2.38. The molecular formula is C11H23N3O. The van der Waals surface area contributed by atoms with E-state index in [0.29, 0.717) is 6.04 Å². The van der Waals surface area contributed by atoms with Crippen molar-refractivity contribution in [2.75, 3.05) is 40.3 Å². The molecule has 0 bridgehead atoms. The first kappa shape index (κ1) is 12.3. The zero-order valence-corrected chi connectivity index (χ0v) is 10.4. The van der Waals surface area contributed by atoms with Crippen LogP contribution in [-0.2, 0) is 0 Å². The van der Waals surface area contributed by atoms with E-state index in [2.05, 4.69) is 18.7 Å². The minimum atomic E-state index is 0.138. The quantitative estimate of drug-likeness (QED) is 0.686. The summed E-state index contributed by atoms with van der Waals surface area (Å²) in [4.78, 5) is 17.7. The van der Waals surface area contributed by atoms with Crippen LogP contribution in [0.25, 0.3) is 0 Å².